The van der Waals surface area contributed by atoms with E-state index in [1.165, 1.54) is 0 Å². The van der Waals surface area contributed by atoms with E-state index < -0.39 is 0 Å². The molecule has 106 valence electrons. The number of rotatable bonds is 4. The summed E-state index contributed by atoms with van der Waals surface area (Å²) < 4.78 is 13.3. The summed E-state index contributed by atoms with van der Waals surface area (Å²) in [6.07, 6.45) is 2.31. The maximum absolute atomic E-state index is 12.4. The van der Waals surface area contributed by atoms with E-state index in [0.717, 1.165) is 29.3 Å². The van der Waals surface area contributed by atoms with Gasteiger partial charge in [-0.2, -0.15) is 0 Å². The molecule has 0 spiro atoms. The third kappa shape index (κ3) is 2.10. The summed E-state index contributed by atoms with van der Waals surface area (Å²) in [6.45, 7) is 2.80. The molecule has 1 aromatic carbocycles. The lowest BCUT2D eigenvalue weighted by Gasteiger charge is -2.12. The largest absolute Gasteiger partial charge is 0.463 e. The average Bonchev–Trinajstić information content (AvgIpc) is 2.89. The highest BCUT2D eigenvalue weighted by molar-refractivity contribution is 5.87. The minimum atomic E-state index is -0.324. The van der Waals surface area contributed by atoms with E-state index >= 15 is 0 Å². The molecule has 4 heteroatoms. The standard InChI is InChI=1S/C16H19NO3/c1-3-4-9-19-14-10-12-15(20-14)11-7-5-6-8-13(11)17(2)16(12)18/h5-8,14H,3-4,9-10H2,1-2H3. The molecule has 0 aliphatic carbocycles. The molecule has 1 unspecified atom stereocenters. The van der Waals surface area contributed by atoms with E-state index in [4.69, 9.17) is 9.47 Å². The summed E-state index contributed by atoms with van der Waals surface area (Å²) in [5.74, 6) is 0.699. The number of hydrogen-bond acceptors (Lipinski definition) is 3. The summed E-state index contributed by atoms with van der Waals surface area (Å²) in [7, 11) is 1.80. The molecule has 0 bridgehead atoms. The van der Waals surface area contributed by atoms with Crippen LogP contribution >= 0.6 is 0 Å². The van der Waals surface area contributed by atoms with Gasteiger partial charge >= 0.3 is 0 Å². The van der Waals surface area contributed by atoms with Crippen molar-refractivity contribution in [3.05, 3.63) is 40.2 Å². The summed E-state index contributed by atoms with van der Waals surface area (Å²) in [5, 5.41) is 0.978. The highest BCUT2D eigenvalue weighted by Gasteiger charge is 2.29. The lowest BCUT2D eigenvalue weighted by Crippen LogP contribution is -2.22. The number of hydrogen-bond donors (Lipinski definition) is 0. The number of fused-ring (bicyclic) bond motifs is 3. The molecule has 0 saturated heterocycles. The summed E-state index contributed by atoms with van der Waals surface area (Å²) in [5.41, 5.74) is 1.64. The van der Waals surface area contributed by atoms with Gasteiger partial charge < -0.3 is 14.0 Å². The van der Waals surface area contributed by atoms with Gasteiger partial charge in [0.05, 0.1) is 17.7 Å². The first-order valence-electron chi connectivity index (χ1n) is 7.11. The van der Waals surface area contributed by atoms with Gasteiger partial charge in [0.25, 0.3) is 5.56 Å². The van der Waals surface area contributed by atoms with E-state index in [0.29, 0.717) is 18.8 Å². The second-order valence-electron chi connectivity index (χ2n) is 5.16. The number of aryl methyl sites for hydroxylation is 1. The van der Waals surface area contributed by atoms with Crippen LogP contribution in [0.25, 0.3) is 10.9 Å². The molecule has 0 fully saturated rings. The number of unbranched alkanes of at least 4 members (excludes halogenated alkanes) is 1. The van der Waals surface area contributed by atoms with Crippen molar-refractivity contribution < 1.29 is 9.47 Å². The lowest BCUT2D eigenvalue weighted by molar-refractivity contribution is -0.0658. The van der Waals surface area contributed by atoms with Crippen LogP contribution in [0.5, 0.6) is 5.75 Å². The van der Waals surface area contributed by atoms with Crippen molar-refractivity contribution in [3.8, 4) is 5.75 Å². The molecule has 1 atom stereocenters. The zero-order chi connectivity index (χ0) is 14.1. The fourth-order valence-electron chi connectivity index (χ4n) is 2.64. The van der Waals surface area contributed by atoms with Crippen LogP contribution in [0.3, 0.4) is 0 Å². The highest BCUT2D eigenvalue weighted by atomic mass is 16.7. The van der Waals surface area contributed by atoms with Gasteiger partial charge in [0, 0.05) is 18.9 Å². The number of nitrogens with zero attached hydrogens (tertiary/aromatic N) is 1. The molecule has 0 saturated carbocycles. The Hall–Kier alpha value is -1.81. The molecule has 0 amide bonds. The number of para-hydroxylation sites is 1. The van der Waals surface area contributed by atoms with Crippen molar-refractivity contribution >= 4 is 10.9 Å². The second-order valence-corrected chi connectivity index (χ2v) is 5.16. The van der Waals surface area contributed by atoms with Crippen LogP contribution in [0.15, 0.2) is 29.1 Å². The predicted molar refractivity (Wildman–Crippen MR) is 78.2 cm³/mol. The summed E-state index contributed by atoms with van der Waals surface area (Å²) >= 11 is 0. The number of ether oxygens (including phenoxy) is 2. The SMILES string of the molecule is CCCCOC1Cc2c(c3ccccc3n(C)c2=O)O1. The van der Waals surface area contributed by atoms with Crippen molar-refractivity contribution in [3.63, 3.8) is 0 Å². The van der Waals surface area contributed by atoms with Crippen LogP contribution in [0.1, 0.15) is 25.3 Å². The fraction of sp³-hybridized carbons (Fsp3) is 0.438. The molecule has 3 rings (SSSR count). The molecule has 0 radical (unpaired) electrons. The zero-order valence-corrected chi connectivity index (χ0v) is 11.9. The van der Waals surface area contributed by atoms with E-state index in [2.05, 4.69) is 6.92 Å². The van der Waals surface area contributed by atoms with Crippen molar-refractivity contribution in [2.45, 2.75) is 32.5 Å². The molecule has 2 heterocycles. The highest BCUT2D eigenvalue weighted by Crippen LogP contribution is 2.34. The van der Waals surface area contributed by atoms with E-state index in [9.17, 15) is 4.79 Å². The zero-order valence-electron chi connectivity index (χ0n) is 11.9. The summed E-state index contributed by atoms with van der Waals surface area (Å²) in [6, 6.07) is 7.81. The van der Waals surface area contributed by atoms with Crippen LogP contribution in [0, 0.1) is 0 Å². The number of aromatic nitrogens is 1. The Kier molecular flexibility index (Phi) is 3.49. The van der Waals surface area contributed by atoms with E-state index in [-0.39, 0.29) is 11.8 Å². The van der Waals surface area contributed by atoms with Crippen LogP contribution in [0.4, 0.5) is 0 Å². The molecule has 1 aliphatic rings. The molecule has 4 nitrogen and oxygen atoms in total. The van der Waals surface area contributed by atoms with Crippen LogP contribution in [-0.4, -0.2) is 17.5 Å². The Labute approximate surface area is 117 Å². The molecule has 20 heavy (non-hydrogen) atoms. The van der Waals surface area contributed by atoms with Gasteiger partial charge in [-0.3, -0.25) is 4.79 Å². The Morgan fingerprint density at radius 2 is 2.20 bits per heavy atom. The maximum Gasteiger partial charge on any atom is 0.257 e. The van der Waals surface area contributed by atoms with Crippen LogP contribution in [-0.2, 0) is 18.2 Å². The fourth-order valence-corrected chi connectivity index (χ4v) is 2.64. The lowest BCUT2D eigenvalue weighted by atomic mass is 10.1. The van der Waals surface area contributed by atoms with Gasteiger partial charge in [-0.15, -0.1) is 0 Å². The molecule has 1 aromatic heterocycles. The first-order chi connectivity index (χ1) is 9.72. The van der Waals surface area contributed by atoms with Gasteiger partial charge in [0.15, 0.2) is 0 Å². The number of benzene rings is 1. The predicted octanol–water partition coefficient (Wildman–Crippen LogP) is 2.62. The van der Waals surface area contributed by atoms with Crippen LogP contribution < -0.4 is 10.3 Å². The minimum Gasteiger partial charge on any atom is -0.463 e. The molecular formula is C16H19NO3. The van der Waals surface area contributed by atoms with Gasteiger partial charge in [-0.25, -0.2) is 0 Å². The van der Waals surface area contributed by atoms with Crippen molar-refractivity contribution in [1.29, 1.82) is 0 Å². The third-order valence-corrected chi connectivity index (χ3v) is 3.77. The molecular weight excluding hydrogens is 254 g/mol. The van der Waals surface area contributed by atoms with Gasteiger partial charge in [0.2, 0.25) is 6.29 Å². The van der Waals surface area contributed by atoms with Crippen molar-refractivity contribution in [1.82, 2.24) is 4.57 Å². The van der Waals surface area contributed by atoms with Gasteiger partial charge in [-0.05, 0) is 18.6 Å². The van der Waals surface area contributed by atoms with E-state index in [1.807, 2.05) is 24.3 Å². The molecule has 0 N–H and O–H groups in total. The first kappa shape index (κ1) is 13.2. The molecule has 1 aliphatic heterocycles. The smallest absolute Gasteiger partial charge is 0.257 e. The van der Waals surface area contributed by atoms with Crippen LogP contribution in [0.2, 0.25) is 0 Å². The topological polar surface area (TPSA) is 40.5 Å². The quantitative estimate of drug-likeness (QED) is 0.804. The Bertz CT molecular complexity index is 690. The van der Waals surface area contributed by atoms with Crippen molar-refractivity contribution in [2.75, 3.05) is 6.61 Å². The van der Waals surface area contributed by atoms with E-state index in [1.54, 1.807) is 11.6 Å². The monoisotopic (exact) mass is 273 g/mol. The van der Waals surface area contributed by atoms with Gasteiger partial charge in [0.1, 0.15) is 5.75 Å². The second kappa shape index (κ2) is 5.29. The Morgan fingerprint density at radius 3 is 3.00 bits per heavy atom. The summed E-state index contributed by atoms with van der Waals surface area (Å²) in [4.78, 5) is 12.4. The first-order valence-corrected chi connectivity index (χ1v) is 7.11. The number of pyridine rings is 1. The Morgan fingerprint density at radius 1 is 1.40 bits per heavy atom. The van der Waals surface area contributed by atoms with Crippen molar-refractivity contribution in [2.24, 2.45) is 7.05 Å². The average molecular weight is 273 g/mol. The minimum absolute atomic E-state index is 0.0142. The molecule has 2 aromatic rings. The normalized spacial score (nSPS) is 17.2. The van der Waals surface area contributed by atoms with Gasteiger partial charge in [-0.1, -0.05) is 25.5 Å². The maximum atomic E-state index is 12.4. The Balaban J connectivity index is 1.98. The third-order valence-electron chi connectivity index (χ3n) is 3.77.